The summed E-state index contributed by atoms with van der Waals surface area (Å²) in [4.78, 5) is 12.2. The van der Waals surface area contributed by atoms with Gasteiger partial charge in [0.05, 0.1) is 17.3 Å². The first-order valence-electron chi connectivity index (χ1n) is 9.00. The molecule has 0 spiro atoms. The number of nitrogens with zero attached hydrogens (tertiary/aromatic N) is 2. The SMILES string of the molecule is CCOc1cc(C=NN=C(N)N)cc(Br)c1OCC(=O)NC1CCCCC1. The van der Waals surface area contributed by atoms with E-state index in [9.17, 15) is 4.79 Å². The fraction of sp³-hybridized carbons (Fsp3) is 0.500. The van der Waals surface area contributed by atoms with E-state index < -0.39 is 0 Å². The number of carbonyl (C=O) groups is 1. The van der Waals surface area contributed by atoms with Gasteiger partial charge in [-0.25, -0.2) is 0 Å². The van der Waals surface area contributed by atoms with Crippen molar-refractivity contribution >= 4 is 34.0 Å². The van der Waals surface area contributed by atoms with Crippen molar-refractivity contribution in [3.05, 3.63) is 22.2 Å². The Morgan fingerprint density at radius 3 is 2.70 bits per heavy atom. The molecule has 0 aromatic heterocycles. The minimum absolute atomic E-state index is 0.0728. The number of hydrogen-bond donors (Lipinski definition) is 3. The lowest BCUT2D eigenvalue weighted by Crippen LogP contribution is -2.39. The summed E-state index contributed by atoms with van der Waals surface area (Å²) in [6.07, 6.45) is 7.12. The van der Waals surface area contributed by atoms with Crippen LogP contribution in [0.5, 0.6) is 11.5 Å². The Bertz CT molecular complexity index is 698. The van der Waals surface area contributed by atoms with Gasteiger partial charge in [0.2, 0.25) is 5.96 Å². The van der Waals surface area contributed by atoms with Gasteiger partial charge >= 0.3 is 0 Å². The molecule has 1 aliphatic rings. The van der Waals surface area contributed by atoms with Crippen LogP contribution in [-0.2, 0) is 4.79 Å². The average Bonchev–Trinajstić information content (AvgIpc) is 2.62. The summed E-state index contributed by atoms with van der Waals surface area (Å²) in [5.74, 6) is 0.715. The number of ether oxygens (including phenoxy) is 2. The predicted molar refractivity (Wildman–Crippen MR) is 109 cm³/mol. The van der Waals surface area contributed by atoms with Crippen molar-refractivity contribution in [1.82, 2.24) is 5.32 Å². The van der Waals surface area contributed by atoms with E-state index in [0.717, 1.165) is 25.7 Å². The number of hydrogen-bond acceptors (Lipinski definition) is 5. The molecule has 1 fully saturated rings. The molecule has 5 N–H and O–H groups in total. The summed E-state index contributed by atoms with van der Waals surface area (Å²) in [5.41, 5.74) is 11.2. The first kappa shape index (κ1) is 21.0. The van der Waals surface area contributed by atoms with Gasteiger partial charge in [0.25, 0.3) is 5.91 Å². The number of carbonyl (C=O) groups excluding carboxylic acids is 1. The molecular weight excluding hydrogens is 414 g/mol. The van der Waals surface area contributed by atoms with Crippen LogP contribution in [0.15, 0.2) is 26.8 Å². The van der Waals surface area contributed by atoms with Gasteiger partial charge in [0.15, 0.2) is 18.1 Å². The van der Waals surface area contributed by atoms with Gasteiger partial charge < -0.3 is 26.3 Å². The summed E-state index contributed by atoms with van der Waals surface area (Å²) in [6.45, 7) is 2.25. The highest BCUT2D eigenvalue weighted by molar-refractivity contribution is 9.10. The highest BCUT2D eigenvalue weighted by Crippen LogP contribution is 2.36. The van der Waals surface area contributed by atoms with E-state index in [1.165, 1.54) is 12.6 Å². The lowest BCUT2D eigenvalue weighted by molar-refractivity contribution is -0.124. The van der Waals surface area contributed by atoms with Gasteiger partial charge in [-0.3, -0.25) is 4.79 Å². The number of benzene rings is 1. The average molecular weight is 440 g/mol. The van der Waals surface area contributed by atoms with Gasteiger partial charge in [-0.1, -0.05) is 19.3 Å². The molecule has 148 valence electrons. The number of amides is 1. The van der Waals surface area contributed by atoms with E-state index in [4.69, 9.17) is 20.9 Å². The number of rotatable bonds is 8. The molecule has 0 aliphatic heterocycles. The van der Waals surface area contributed by atoms with Gasteiger partial charge in [-0.15, -0.1) is 5.10 Å². The Kier molecular flexibility index (Phi) is 8.38. The Morgan fingerprint density at radius 2 is 2.04 bits per heavy atom. The van der Waals surface area contributed by atoms with Crippen LogP contribution in [0.1, 0.15) is 44.6 Å². The van der Waals surface area contributed by atoms with Crippen LogP contribution >= 0.6 is 15.9 Å². The zero-order valence-corrected chi connectivity index (χ0v) is 17.0. The molecule has 1 saturated carbocycles. The second kappa shape index (κ2) is 10.8. The zero-order valence-electron chi connectivity index (χ0n) is 15.4. The van der Waals surface area contributed by atoms with E-state index in [0.29, 0.717) is 28.1 Å². The van der Waals surface area contributed by atoms with E-state index in [-0.39, 0.29) is 24.5 Å². The Hall–Kier alpha value is -2.29. The van der Waals surface area contributed by atoms with Crippen molar-refractivity contribution in [1.29, 1.82) is 0 Å². The van der Waals surface area contributed by atoms with E-state index in [1.54, 1.807) is 12.1 Å². The zero-order chi connectivity index (χ0) is 19.6. The summed E-state index contributed by atoms with van der Waals surface area (Å²) in [5, 5.41) is 10.4. The highest BCUT2D eigenvalue weighted by Gasteiger charge is 2.18. The Morgan fingerprint density at radius 1 is 1.30 bits per heavy atom. The van der Waals surface area contributed by atoms with Gasteiger partial charge in [0.1, 0.15) is 0 Å². The van der Waals surface area contributed by atoms with Crippen LogP contribution < -0.4 is 26.3 Å². The molecule has 8 nitrogen and oxygen atoms in total. The standard InChI is InChI=1S/C18H26BrN5O3/c1-2-26-15-9-12(10-22-24-18(20)21)8-14(19)17(15)27-11-16(25)23-13-6-4-3-5-7-13/h8-10,13H,2-7,11H2,1H3,(H,23,25)(H4,20,21,24). The van der Waals surface area contributed by atoms with Crippen LogP contribution in [0.3, 0.4) is 0 Å². The van der Waals surface area contributed by atoms with Crippen molar-refractivity contribution in [2.24, 2.45) is 21.7 Å². The molecule has 0 unspecified atom stereocenters. The lowest BCUT2D eigenvalue weighted by Gasteiger charge is -2.23. The van der Waals surface area contributed by atoms with E-state index in [1.807, 2.05) is 6.92 Å². The number of guanidine groups is 1. The second-order valence-electron chi connectivity index (χ2n) is 6.22. The molecule has 0 saturated heterocycles. The van der Waals surface area contributed by atoms with Gasteiger partial charge in [-0.2, -0.15) is 5.10 Å². The molecular formula is C18H26BrN5O3. The van der Waals surface area contributed by atoms with Crippen LogP contribution in [0.2, 0.25) is 0 Å². The maximum absolute atomic E-state index is 12.2. The number of nitrogens with one attached hydrogen (secondary N) is 1. The normalized spacial score (nSPS) is 14.7. The molecule has 0 radical (unpaired) electrons. The van der Waals surface area contributed by atoms with Crippen molar-refractivity contribution in [2.75, 3.05) is 13.2 Å². The van der Waals surface area contributed by atoms with Crippen molar-refractivity contribution in [3.63, 3.8) is 0 Å². The van der Waals surface area contributed by atoms with Crippen LogP contribution in [0.25, 0.3) is 0 Å². The molecule has 27 heavy (non-hydrogen) atoms. The molecule has 0 bridgehead atoms. The molecule has 1 aliphatic carbocycles. The fourth-order valence-corrected chi connectivity index (χ4v) is 3.46. The topological polar surface area (TPSA) is 124 Å². The lowest BCUT2D eigenvalue weighted by atomic mass is 9.95. The number of nitrogens with two attached hydrogens (primary N) is 2. The second-order valence-corrected chi connectivity index (χ2v) is 7.08. The summed E-state index contributed by atoms with van der Waals surface area (Å²) < 4.78 is 12.0. The first-order chi connectivity index (χ1) is 13.0. The summed E-state index contributed by atoms with van der Waals surface area (Å²) >= 11 is 3.45. The largest absolute Gasteiger partial charge is 0.490 e. The van der Waals surface area contributed by atoms with E-state index >= 15 is 0 Å². The molecule has 0 atom stereocenters. The third kappa shape index (κ3) is 7.09. The quantitative estimate of drug-likeness (QED) is 0.325. The predicted octanol–water partition coefficient (Wildman–Crippen LogP) is 2.28. The minimum atomic E-state index is -0.130. The number of halogens is 1. The molecule has 0 heterocycles. The molecule has 1 aromatic rings. The van der Waals surface area contributed by atoms with Crippen LogP contribution in [0, 0.1) is 0 Å². The first-order valence-corrected chi connectivity index (χ1v) is 9.79. The van der Waals surface area contributed by atoms with Gasteiger partial charge in [0, 0.05) is 6.04 Å². The Balaban J connectivity index is 2.04. The monoisotopic (exact) mass is 439 g/mol. The van der Waals surface area contributed by atoms with Crippen LogP contribution in [0.4, 0.5) is 0 Å². The maximum Gasteiger partial charge on any atom is 0.258 e. The minimum Gasteiger partial charge on any atom is -0.490 e. The Labute approximate surface area is 167 Å². The fourth-order valence-electron chi connectivity index (χ4n) is 2.88. The third-order valence-corrected chi connectivity index (χ3v) is 4.62. The summed E-state index contributed by atoms with van der Waals surface area (Å²) in [7, 11) is 0. The highest BCUT2D eigenvalue weighted by atomic mass is 79.9. The van der Waals surface area contributed by atoms with Crippen molar-refractivity contribution in [3.8, 4) is 11.5 Å². The summed E-state index contributed by atoms with van der Waals surface area (Å²) in [6, 6.07) is 3.77. The smallest absolute Gasteiger partial charge is 0.258 e. The molecule has 1 amide bonds. The molecule has 9 heteroatoms. The van der Waals surface area contributed by atoms with Crippen LogP contribution in [-0.4, -0.2) is 37.3 Å². The van der Waals surface area contributed by atoms with Crippen molar-refractivity contribution in [2.45, 2.75) is 45.1 Å². The molecule has 2 rings (SSSR count). The van der Waals surface area contributed by atoms with Crippen molar-refractivity contribution < 1.29 is 14.3 Å². The van der Waals surface area contributed by atoms with Gasteiger partial charge in [-0.05, 0) is 53.4 Å². The maximum atomic E-state index is 12.2. The molecule has 1 aromatic carbocycles. The van der Waals surface area contributed by atoms with E-state index in [2.05, 4.69) is 31.4 Å². The third-order valence-electron chi connectivity index (χ3n) is 4.03.